The lowest BCUT2D eigenvalue weighted by molar-refractivity contribution is 1.73. The van der Waals surface area contributed by atoms with E-state index in [9.17, 15) is 0 Å². The average Bonchev–Trinajstić information content (AvgIpc) is 3.54. The highest BCUT2D eigenvalue weighted by Gasteiger charge is 2.23. The molecule has 0 N–H and O–H groups in total. The molecule has 0 aliphatic heterocycles. The van der Waals surface area contributed by atoms with E-state index >= 15 is 0 Å². The van der Waals surface area contributed by atoms with Gasteiger partial charge in [-0.3, -0.25) is 0 Å². The first-order chi connectivity index (χ1) is 19.9. The second-order valence-corrected chi connectivity index (χ2v) is 10.8. The molecule has 0 heterocycles. The summed E-state index contributed by atoms with van der Waals surface area (Å²) in [6, 6.07) is 52.8. The highest BCUT2D eigenvalue weighted by Crippen LogP contribution is 2.51. The van der Waals surface area contributed by atoms with Crippen LogP contribution in [0.2, 0.25) is 0 Å². The zero-order valence-corrected chi connectivity index (χ0v) is 21.9. The molecule has 0 saturated carbocycles. The standard InChI is InChI=1S/2C20H12/c2*1-2-8-15-13(5-1)11-12-17-16-9-3-6-14-7-4-10-18(19(14)16)20(15)17/h2*1-12H. The van der Waals surface area contributed by atoms with Gasteiger partial charge in [0.15, 0.2) is 0 Å². The number of hydrogen-bond donors (Lipinski definition) is 0. The van der Waals surface area contributed by atoms with Crippen molar-refractivity contribution in [3.8, 4) is 44.5 Å². The van der Waals surface area contributed by atoms with Crippen LogP contribution in [0.5, 0.6) is 0 Å². The molecule has 0 atom stereocenters. The molecule has 0 amide bonds. The Balaban J connectivity index is 0.000000115. The predicted molar refractivity (Wildman–Crippen MR) is 172 cm³/mol. The molecule has 0 saturated heterocycles. The van der Waals surface area contributed by atoms with Gasteiger partial charge in [-0.25, -0.2) is 0 Å². The number of fused-ring (bicyclic) bond motifs is 10. The quantitative estimate of drug-likeness (QED) is 0.193. The molecule has 0 spiro atoms. The van der Waals surface area contributed by atoms with Crippen molar-refractivity contribution in [3.63, 3.8) is 0 Å². The molecule has 2 aliphatic carbocycles. The van der Waals surface area contributed by atoms with E-state index in [-0.39, 0.29) is 0 Å². The molecular formula is C40H24. The molecule has 10 rings (SSSR count). The molecule has 184 valence electrons. The summed E-state index contributed by atoms with van der Waals surface area (Å²) < 4.78 is 0. The van der Waals surface area contributed by atoms with Crippen LogP contribution in [0, 0.1) is 0 Å². The predicted octanol–water partition coefficient (Wildman–Crippen LogP) is 11.3. The number of benzene rings is 8. The van der Waals surface area contributed by atoms with Crippen molar-refractivity contribution < 1.29 is 0 Å². The van der Waals surface area contributed by atoms with Gasteiger partial charge in [-0.2, -0.15) is 0 Å². The number of rotatable bonds is 0. The Morgan fingerprint density at radius 2 is 0.600 bits per heavy atom. The minimum atomic E-state index is 1.32. The molecule has 0 unspecified atom stereocenters. The van der Waals surface area contributed by atoms with Gasteiger partial charge in [0, 0.05) is 0 Å². The summed E-state index contributed by atoms with van der Waals surface area (Å²) in [4.78, 5) is 0. The molecule has 8 aromatic rings. The van der Waals surface area contributed by atoms with Gasteiger partial charge in [0.05, 0.1) is 0 Å². The maximum Gasteiger partial charge on any atom is -0.00201 e. The minimum absolute atomic E-state index is 1.32. The summed E-state index contributed by atoms with van der Waals surface area (Å²) in [5, 5.41) is 10.8. The highest BCUT2D eigenvalue weighted by molar-refractivity contribution is 6.22. The van der Waals surface area contributed by atoms with Crippen LogP contribution >= 0.6 is 0 Å². The van der Waals surface area contributed by atoms with Crippen molar-refractivity contribution in [2.45, 2.75) is 0 Å². The van der Waals surface area contributed by atoms with Gasteiger partial charge in [0.2, 0.25) is 0 Å². The van der Waals surface area contributed by atoms with Crippen molar-refractivity contribution in [2.24, 2.45) is 0 Å². The molecule has 40 heavy (non-hydrogen) atoms. The monoisotopic (exact) mass is 504 g/mol. The molecule has 0 aromatic heterocycles. The van der Waals surface area contributed by atoms with E-state index in [1.807, 2.05) is 0 Å². The number of hydrogen-bond acceptors (Lipinski definition) is 0. The van der Waals surface area contributed by atoms with E-state index in [1.54, 1.807) is 0 Å². The zero-order valence-electron chi connectivity index (χ0n) is 21.9. The maximum absolute atomic E-state index is 2.27. The van der Waals surface area contributed by atoms with Crippen LogP contribution in [0.15, 0.2) is 146 Å². The molecular weight excluding hydrogens is 480 g/mol. The van der Waals surface area contributed by atoms with Gasteiger partial charge in [-0.05, 0) is 87.6 Å². The minimum Gasteiger partial charge on any atom is -0.0616 e. The van der Waals surface area contributed by atoms with Crippen LogP contribution in [-0.4, -0.2) is 0 Å². The summed E-state index contributed by atoms with van der Waals surface area (Å²) in [7, 11) is 0. The van der Waals surface area contributed by atoms with E-state index < -0.39 is 0 Å². The molecule has 0 bridgehead atoms. The van der Waals surface area contributed by atoms with E-state index in [0.29, 0.717) is 0 Å². The molecule has 0 nitrogen and oxygen atoms in total. The topological polar surface area (TPSA) is 0 Å². The molecule has 2 aliphatic rings. The fourth-order valence-electron chi connectivity index (χ4n) is 7.12. The van der Waals surface area contributed by atoms with Crippen LogP contribution in [0.4, 0.5) is 0 Å². The summed E-state index contributed by atoms with van der Waals surface area (Å²) in [6.45, 7) is 0. The zero-order chi connectivity index (χ0) is 26.2. The Morgan fingerprint density at radius 3 is 1.05 bits per heavy atom. The third-order valence-electron chi connectivity index (χ3n) is 8.79. The lowest BCUT2D eigenvalue weighted by Crippen LogP contribution is -1.80. The molecule has 0 heteroatoms. The molecule has 8 aromatic carbocycles. The fraction of sp³-hybridized carbons (Fsp3) is 0. The smallest absolute Gasteiger partial charge is 0.00201 e. The van der Waals surface area contributed by atoms with Crippen LogP contribution < -0.4 is 0 Å². The normalized spacial score (nSPS) is 12.0. The molecule has 0 radical (unpaired) electrons. The Morgan fingerprint density at radius 1 is 0.225 bits per heavy atom. The maximum atomic E-state index is 2.27. The average molecular weight is 505 g/mol. The van der Waals surface area contributed by atoms with E-state index in [4.69, 9.17) is 0 Å². The Labute approximate surface area is 232 Å². The van der Waals surface area contributed by atoms with Crippen LogP contribution in [-0.2, 0) is 0 Å². The first-order valence-electron chi connectivity index (χ1n) is 14.0. The first-order valence-corrected chi connectivity index (χ1v) is 14.0. The Kier molecular flexibility index (Phi) is 4.42. The summed E-state index contributed by atoms with van der Waals surface area (Å²) in [6.07, 6.45) is 0. The third kappa shape index (κ3) is 2.91. The lowest BCUT2D eigenvalue weighted by atomic mass is 9.97. The largest absolute Gasteiger partial charge is 0.0616 e. The summed E-state index contributed by atoms with van der Waals surface area (Å²) in [5.74, 6) is 0. The summed E-state index contributed by atoms with van der Waals surface area (Å²) >= 11 is 0. The van der Waals surface area contributed by atoms with Crippen LogP contribution in [0.25, 0.3) is 87.6 Å². The second-order valence-electron chi connectivity index (χ2n) is 10.8. The van der Waals surface area contributed by atoms with Gasteiger partial charge in [0.1, 0.15) is 0 Å². The van der Waals surface area contributed by atoms with Crippen molar-refractivity contribution in [1.82, 2.24) is 0 Å². The van der Waals surface area contributed by atoms with Gasteiger partial charge in [0.25, 0.3) is 0 Å². The second kappa shape index (κ2) is 8.15. The first kappa shape index (κ1) is 21.7. The fourth-order valence-corrected chi connectivity index (χ4v) is 7.12. The van der Waals surface area contributed by atoms with Gasteiger partial charge < -0.3 is 0 Å². The van der Waals surface area contributed by atoms with Crippen molar-refractivity contribution >= 4 is 43.1 Å². The van der Waals surface area contributed by atoms with Gasteiger partial charge in [-0.15, -0.1) is 0 Å². The van der Waals surface area contributed by atoms with Gasteiger partial charge in [-0.1, -0.05) is 146 Å². The lowest BCUT2D eigenvalue weighted by Gasteiger charge is -2.06. The van der Waals surface area contributed by atoms with E-state index in [1.165, 1.54) is 87.6 Å². The SMILES string of the molecule is c1ccc2c3c(ccc2c1)-c1cccc2cccc-3c12.c1ccc2c3c(ccc2c1)-c1cccc2cccc-3c12. The Bertz CT molecular complexity index is 2140. The van der Waals surface area contributed by atoms with Crippen molar-refractivity contribution in [2.75, 3.05) is 0 Å². The van der Waals surface area contributed by atoms with E-state index in [0.717, 1.165) is 0 Å². The summed E-state index contributed by atoms with van der Waals surface area (Å²) in [5.41, 5.74) is 11.0. The van der Waals surface area contributed by atoms with Crippen LogP contribution in [0.3, 0.4) is 0 Å². The highest BCUT2D eigenvalue weighted by atomic mass is 14.3. The van der Waals surface area contributed by atoms with Crippen molar-refractivity contribution in [3.05, 3.63) is 146 Å². The third-order valence-corrected chi connectivity index (χ3v) is 8.79. The van der Waals surface area contributed by atoms with E-state index in [2.05, 4.69) is 146 Å². The Hall–Kier alpha value is -5.20. The van der Waals surface area contributed by atoms with Gasteiger partial charge >= 0.3 is 0 Å². The molecule has 0 fully saturated rings. The van der Waals surface area contributed by atoms with Crippen LogP contribution in [0.1, 0.15) is 0 Å². The van der Waals surface area contributed by atoms with Crippen molar-refractivity contribution in [1.29, 1.82) is 0 Å².